The lowest BCUT2D eigenvalue weighted by molar-refractivity contribution is 0.953. The number of rotatable bonds is 8. The van der Waals surface area contributed by atoms with E-state index >= 15 is 0 Å². The molecule has 0 aliphatic rings. The summed E-state index contributed by atoms with van der Waals surface area (Å²) in [4.78, 5) is 15.6. The Labute approximate surface area is 494 Å². The zero-order valence-corrected chi connectivity index (χ0v) is 46.5. The van der Waals surface area contributed by atoms with E-state index in [0.29, 0.717) is 17.6 Å². The Morgan fingerprint density at radius 2 is 0.651 bits per heavy atom. The predicted molar refractivity (Wildman–Crippen MR) is 360 cm³/mol. The van der Waals surface area contributed by atoms with Gasteiger partial charge in [-0.05, 0) is 147 Å². The Kier molecular flexibility index (Phi) is 10.6. The van der Waals surface area contributed by atoms with Crippen molar-refractivity contribution >= 4 is 97.5 Å². The van der Waals surface area contributed by atoms with Crippen LogP contribution in [0.5, 0.6) is 0 Å². The van der Waals surface area contributed by atoms with Crippen LogP contribution in [-0.4, -0.2) is 24.1 Å². The van der Waals surface area contributed by atoms with E-state index in [0.717, 1.165) is 66.3 Å². The van der Waals surface area contributed by atoms with Gasteiger partial charge < -0.3 is 4.57 Å². The highest BCUT2D eigenvalue weighted by Gasteiger charge is 2.26. The molecular formula is C81H49N5. The summed E-state index contributed by atoms with van der Waals surface area (Å²) in [6, 6.07) is 108. The van der Waals surface area contributed by atoms with Crippen molar-refractivity contribution in [2.75, 3.05) is 0 Å². The molecule has 0 saturated heterocycles. The molecule has 5 nitrogen and oxygen atoms in total. The van der Waals surface area contributed by atoms with Crippen molar-refractivity contribution in [3.8, 4) is 78.9 Å². The molecule has 0 atom stereocenters. The number of hydrogen-bond acceptors (Lipinski definition) is 3. The lowest BCUT2D eigenvalue weighted by atomic mass is 9.79. The van der Waals surface area contributed by atoms with Crippen LogP contribution in [0.3, 0.4) is 0 Å². The molecule has 0 saturated carbocycles. The summed E-state index contributed by atoms with van der Waals surface area (Å²) in [7, 11) is 0. The van der Waals surface area contributed by atoms with Crippen molar-refractivity contribution in [3.63, 3.8) is 0 Å². The third kappa shape index (κ3) is 7.28. The first-order valence-corrected chi connectivity index (χ1v) is 29.4. The van der Waals surface area contributed by atoms with E-state index in [2.05, 4.69) is 270 Å². The molecule has 18 aromatic rings. The molecule has 3 heterocycles. The molecule has 0 unspecified atom stereocenters. The highest BCUT2D eigenvalue weighted by Crippen LogP contribution is 2.52. The van der Waals surface area contributed by atoms with E-state index < -0.39 is 0 Å². The fourth-order valence-corrected chi connectivity index (χ4v) is 14.1. The van der Waals surface area contributed by atoms with Gasteiger partial charge in [0, 0.05) is 38.4 Å². The van der Waals surface area contributed by atoms with Gasteiger partial charge in [0.05, 0.1) is 22.1 Å². The second-order valence-corrected chi connectivity index (χ2v) is 22.6. The van der Waals surface area contributed by atoms with Crippen molar-refractivity contribution in [1.29, 1.82) is 0 Å². The molecule has 15 aromatic carbocycles. The van der Waals surface area contributed by atoms with Crippen LogP contribution in [0.2, 0.25) is 0 Å². The van der Waals surface area contributed by atoms with Crippen LogP contribution in [0, 0.1) is 0 Å². The number of aromatic nitrogens is 5. The topological polar surface area (TPSA) is 48.5 Å². The number of nitrogens with zero attached hydrogens (tertiary/aromatic N) is 5. The van der Waals surface area contributed by atoms with Gasteiger partial charge >= 0.3 is 0 Å². The standard InChI is InChI=1S/C81H49N5/c1-6-22-51(23-7-1)66-47-65(74(53-24-8-2-9-25-53)78-64-38-21-36-62-59-33-17-16-32-58(59)61-35-20-37-63(77(66)78)75(61)76(62)64)52-42-40-50(41-43-52)56-44-45-71-67(46-56)69-48-68-60-34-18-19-39-70(60)86(73(68)49-72(69)85(71)57-30-14-5-15-31-57)81-83-79(54-26-10-3-11-27-54)82-80(84-81)55-28-12-4-13-29-55/h1-49H. The molecule has 0 bridgehead atoms. The minimum absolute atomic E-state index is 0.563. The first kappa shape index (κ1) is 48.0. The zero-order valence-electron chi connectivity index (χ0n) is 46.5. The molecule has 86 heavy (non-hydrogen) atoms. The van der Waals surface area contributed by atoms with E-state index in [1.54, 1.807) is 0 Å². The molecular weight excluding hydrogens is 1040 g/mol. The van der Waals surface area contributed by atoms with Crippen LogP contribution in [0.15, 0.2) is 297 Å². The number of benzene rings is 15. The van der Waals surface area contributed by atoms with Gasteiger partial charge in [-0.15, -0.1) is 0 Å². The highest BCUT2D eigenvalue weighted by atomic mass is 15.2. The van der Waals surface area contributed by atoms with Gasteiger partial charge in [-0.1, -0.05) is 249 Å². The van der Waals surface area contributed by atoms with Gasteiger partial charge in [0.25, 0.3) is 0 Å². The van der Waals surface area contributed by atoms with Gasteiger partial charge in [-0.2, -0.15) is 9.97 Å². The molecule has 0 N–H and O–H groups in total. The van der Waals surface area contributed by atoms with E-state index in [-0.39, 0.29) is 0 Å². The summed E-state index contributed by atoms with van der Waals surface area (Å²) in [6.45, 7) is 0. The summed E-state index contributed by atoms with van der Waals surface area (Å²) in [5.41, 5.74) is 16.7. The smallest absolute Gasteiger partial charge is 0.238 e. The normalized spacial score (nSPS) is 12.0. The lowest BCUT2D eigenvalue weighted by Gasteiger charge is -2.24. The summed E-state index contributed by atoms with van der Waals surface area (Å²) in [5, 5.41) is 17.5. The van der Waals surface area contributed by atoms with Crippen LogP contribution < -0.4 is 0 Å². The van der Waals surface area contributed by atoms with Crippen molar-refractivity contribution in [1.82, 2.24) is 24.1 Å². The van der Waals surface area contributed by atoms with Crippen molar-refractivity contribution in [3.05, 3.63) is 297 Å². The zero-order chi connectivity index (χ0) is 56.4. The van der Waals surface area contributed by atoms with Crippen molar-refractivity contribution < 1.29 is 0 Å². The molecule has 0 fully saturated rings. The Morgan fingerprint density at radius 3 is 1.28 bits per heavy atom. The van der Waals surface area contributed by atoms with Crippen LogP contribution >= 0.6 is 0 Å². The second kappa shape index (κ2) is 19.0. The Morgan fingerprint density at radius 1 is 0.209 bits per heavy atom. The van der Waals surface area contributed by atoms with Gasteiger partial charge in [0.2, 0.25) is 5.95 Å². The predicted octanol–water partition coefficient (Wildman–Crippen LogP) is 21.3. The Bertz CT molecular complexity index is 5660. The van der Waals surface area contributed by atoms with E-state index in [1.165, 1.54) is 92.5 Å². The average Bonchev–Trinajstić information content (AvgIpc) is 1.10. The van der Waals surface area contributed by atoms with Crippen molar-refractivity contribution in [2.24, 2.45) is 0 Å². The van der Waals surface area contributed by atoms with Crippen molar-refractivity contribution in [2.45, 2.75) is 0 Å². The maximum Gasteiger partial charge on any atom is 0.238 e. The first-order valence-electron chi connectivity index (χ1n) is 29.4. The van der Waals surface area contributed by atoms with E-state index in [1.807, 2.05) is 36.4 Å². The summed E-state index contributed by atoms with van der Waals surface area (Å²) in [5.74, 6) is 1.80. The fourth-order valence-electron chi connectivity index (χ4n) is 14.1. The molecule has 0 aliphatic carbocycles. The van der Waals surface area contributed by atoms with Gasteiger partial charge in [0.15, 0.2) is 11.6 Å². The molecule has 5 heteroatoms. The van der Waals surface area contributed by atoms with Gasteiger partial charge in [-0.25, -0.2) is 4.98 Å². The average molecular weight is 1090 g/mol. The molecule has 3 aromatic heterocycles. The monoisotopic (exact) mass is 1090 g/mol. The second-order valence-electron chi connectivity index (χ2n) is 22.6. The van der Waals surface area contributed by atoms with Crippen LogP contribution in [0.1, 0.15) is 0 Å². The number of fused-ring (bicyclic) bond motifs is 12. The summed E-state index contributed by atoms with van der Waals surface area (Å²) < 4.78 is 4.63. The maximum absolute atomic E-state index is 5.27. The molecule has 0 spiro atoms. The molecule has 398 valence electrons. The maximum atomic E-state index is 5.27. The number of hydrogen-bond donors (Lipinski definition) is 0. The summed E-state index contributed by atoms with van der Waals surface area (Å²) in [6.07, 6.45) is 0. The van der Waals surface area contributed by atoms with Crippen LogP contribution in [-0.2, 0) is 0 Å². The third-order valence-electron chi connectivity index (χ3n) is 17.9. The Balaban J connectivity index is 0.847. The third-order valence-corrected chi connectivity index (χ3v) is 17.9. The lowest BCUT2D eigenvalue weighted by Crippen LogP contribution is -2.06. The minimum atomic E-state index is 0.563. The van der Waals surface area contributed by atoms with Gasteiger partial charge in [0.1, 0.15) is 0 Å². The largest absolute Gasteiger partial charge is 0.309 e. The number of para-hydroxylation sites is 2. The molecule has 0 aliphatic heterocycles. The van der Waals surface area contributed by atoms with E-state index in [4.69, 9.17) is 15.0 Å². The molecule has 0 amide bonds. The fraction of sp³-hybridized carbons (Fsp3) is 0. The first-order chi connectivity index (χ1) is 42.7. The molecule has 0 radical (unpaired) electrons. The minimum Gasteiger partial charge on any atom is -0.309 e. The Hall–Kier alpha value is -11.5. The van der Waals surface area contributed by atoms with E-state index in [9.17, 15) is 0 Å². The molecule has 18 rings (SSSR count). The van der Waals surface area contributed by atoms with Crippen LogP contribution in [0.25, 0.3) is 176 Å². The van der Waals surface area contributed by atoms with Crippen LogP contribution in [0.4, 0.5) is 0 Å². The highest BCUT2D eigenvalue weighted by molar-refractivity contribution is 6.43. The summed E-state index contributed by atoms with van der Waals surface area (Å²) >= 11 is 0. The quantitative estimate of drug-likeness (QED) is 0.113. The van der Waals surface area contributed by atoms with Gasteiger partial charge in [-0.3, -0.25) is 4.57 Å². The SMILES string of the molecule is c1ccc(-c2nc(-c3ccccc3)nc(-n3c4ccccc4c4cc5c6cc(-c7ccc(-c8cc(-c9ccccc9)c9c%10cccc%11c%12ccccc%12c%12cccc(c9c8-c8ccccc8)c%12c%11%10)cc7)ccc6n(-c6ccccc6)c5cc43)n2)cc1.